The lowest BCUT2D eigenvalue weighted by Gasteiger charge is -2.36. The molecule has 3 heterocycles. The molecule has 178 valence electrons. The van der Waals surface area contributed by atoms with Gasteiger partial charge in [-0.2, -0.15) is 0 Å². The van der Waals surface area contributed by atoms with Gasteiger partial charge >= 0.3 is 0 Å². The van der Waals surface area contributed by atoms with Gasteiger partial charge in [-0.05, 0) is 37.1 Å². The van der Waals surface area contributed by atoms with Gasteiger partial charge in [0.15, 0.2) is 11.6 Å². The molecule has 2 saturated heterocycles. The van der Waals surface area contributed by atoms with Crippen molar-refractivity contribution in [3.63, 3.8) is 0 Å². The van der Waals surface area contributed by atoms with Gasteiger partial charge in [0.25, 0.3) is 10.0 Å². The Kier molecular flexibility index (Phi) is 6.34. The van der Waals surface area contributed by atoms with E-state index < -0.39 is 10.0 Å². The highest BCUT2D eigenvalue weighted by Crippen LogP contribution is 2.28. The van der Waals surface area contributed by atoms with Crippen LogP contribution in [0.2, 0.25) is 0 Å². The molecule has 2 aromatic carbocycles. The second-order valence-corrected chi connectivity index (χ2v) is 10.3. The third-order valence-corrected chi connectivity index (χ3v) is 7.68. The predicted molar refractivity (Wildman–Crippen MR) is 131 cm³/mol. The van der Waals surface area contributed by atoms with Crippen LogP contribution in [0.25, 0.3) is 11.0 Å². The summed E-state index contributed by atoms with van der Waals surface area (Å²) in [6.07, 6.45) is 2.17. The molecule has 9 nitrogen and oxygen atoms in total. The van der Waals surface area contributed by atoms with E-state index in [1.165, 1.54) is 0 Å². The minimum atomic E-state index is -3.82. The number of likely N-dealkylation sites (tertiary alicyclic amines) is 1. The van der Waals surface area contributed by atoms with Gasteiger partial charge in [-0.15, -0.1) is 0 Å². The van der Waals surface area contributed by atoms with Crippen LogP contribution in [-0.2, 0) is 14.8 Å². The Morgan fingerprint density at radius 1 is 0.824 bits per heavy atom. The molecule has 0 spiro atoms. The number of nitrogens with one attached hydrogen (secondary N) is 1. The molecule has 34 heavy (non-hydrogen) atoms. The largest absolute Gasteiger partial charge is 0.351 e. The predicted octanol–water partition coefficient (Wildman–Crippen LogP) is 2.17. The van der Waals surface area contributed by atoms with E-state index in [2.05, 4.69) is 14.6 Å². The maximum Gasteiger partial charge on any atom is 0.263 e. The number of piperazine rings is 1. The lowest BCUT2D eigenvalue weighted by Crippen LogP contribution is -2.50. The van der Waals surface area contributed by atoms with Crippen LogP contribution in [0, 0.1) is 0 Å². The summed E-state index contributed by atoms with van der Waals surface area (Å²) in [6, 6.07) is 15.7. The van der Waals surface area contributed by atoms with Crippen molar-refractivity contribution in [2.24, 2.45) is 0 Å². The van der Waals surface area contributed by atoms with Gasteiger partial charge in [-0.3, -0.25) is 14.4 Å². The molecule has 5 rings (SSSR count). The van der Waals surface area contributed by atoms with Gasteiger partial charge in [0.2, 0.25) is 5.91 Å². The van der Waals surface area contributed by atoms with Crippen LogP contribution in [0.5, 0.6) is 0 Å². The van der Waals surface area contributed by atoms with Crippen LogP contribution in [0.4, 0.5) is 11.6 Å². The van der Waals surface area contributed by atoms with E-state index in [1.54, 1.807) is 30.3 Å². The highest BCUT2D eigenvalue weighted by atomic mass is 32.2. The van der Waals surface area contributed by atoms with Crippen molar-refractivity contribution in [3.05, 3.63) is 54.6 Å². The number of hydrogen-bond acceptors (Lipinski definition) is 7. The summed E-state index contributed by atoms with van der Waals surface area (Å²) in [4.78, 5) is 28.2. The van der Waals surface area contributed by atoms with Gasteiger partial charge in [-0.1, -0.05) is 30.3 Å². The number of aromatic nitrogens is 2. The molecule has 0 saturated carbocycles. The summed E-state index contributed by atoms with van der Waals surface area (Å²) < 4.78 is 28.7. The number of para-hydroxylation sites is 2. The average molecular weight is 481 g/mol. The van der Waals surface area contributed by atoms with Crippen LogP contribution in [0.1, 0.15) is 12.8 Å². The molecule has 0 unspecified atom stereocenters. The summed E-state index contributed by atoms with van der Waals surface area (Å²) in [6.45, 7) is 4.77. The van der Waals surface area contributed by atoms with Gasteiger partial charge in [-0.25, -0.2) is 18.4 Å². The zero-order chi connectivity index (χ0) is 23.5. The fourth-order valence-corrected chi connectivity index (χ4v) is 5.47. The normalized spacial score (nSPS) is 17.3. The maximum absolute atomic E-state index is 13.0. The Labute approximate surface area is 199 Å². The molecular weight excluding hydrogens is 452 g/mol. The first-order valence-electron chi connectivity index (χ1n) is 11.6. The number of sulfonamides is 1. The summed E-state index contributed by atoms with van der Waals surface area (Å²) >= 11 is 0. The van der Waals surface area contributed by atoms with Crippen molar-refractivity contribution in [2.45, 2.75) is 17.7 Å². The smallest absolute Gasteiger partial charge is 0.263 e. The molecular formula is C24H28N6O3S. The molecule has 2 aliphatic heterocycles. The second kappa shape index (κ2) is 9.55. The van der Waals surface area contributed by atoms with Crippen molar-refractivity contribution in [1.82, 2.24) is 19.8 Å². The van der Waals surface area contributed by atoms with Crippen molar-refractivity contribution >= 4 is 38.6 Å². The molecule has 0 radical (unpaired) electrons. The first kappa shape index (κ1) is 22.5. The fraction of sp³-hybridized carbons (Fsp3) is 0.375. The topological polar surface area (TPSA) is 98.7 Å². The van der Waals surface area contributed by atoms with Gasteiger partial charge < -0.3 is 9.80 Å². The van der Waals surface area contributed by atoms with Gasteiger partial charge in [0.1, 0.15) is 0 Å². The molecule has 2 aliphatic rings. The Morgan fingerprint density at radius 3 is 2.12 bits per heavy atom. The number of fused-ring (bicyclic) bond motifs is 1. The Hall–Kier alpha value is -3.24. The molecule has 0 aliphatic carbocycles. The first-order valence-corrected chi connectivity index (χ1v) is 13.1. The number of amides is 1. The Bertz CT molecular complexity index is 1270. The zero-order valence-corrected chi connectivity index (χ0v) is 19.7. The monoisotopic (exact) mass is 480 g/mol. The summed E-state index contributed by atoms with van der Waals surface area (Å²) in [5.74, 6) is 0.903. The van der Waals surface area contributed by atoms with Gasteiger partial charge in [0.05, 0.1) is 22.5 Å². The van der Waals surface area contributed by atoms with Crippen LogP contribution in [-0.4, -0.2) is 79.9 Å². The lowest BCUT2D eigenvalue weighted by atomic mass is 10.2. The van der Waals surface area contributed by atoms with E-state index in [0.29, 0.717) is 49.6 Å². The number of rotatable bonds is 6. The quantitative estimate of drug-likeness (QED) is 0.577. The van der Waals surface area contributed by atoms with Crippen LogP contribution >= 0.6 is 0 Å². The number of carbonyl (C=O) groups is 1. The number of hydrogen-bond donors (Lipinski definition) is 1. The Balaban J connectivity index is 1.37. The summed E-state index contributed by atoms with van der Waals surface area (Å²) in [5.41, 5.74) is 1.32. The lowest BCUT2D eigenvalue weighted by molar-refractivity contribution is -0.131. The second-order valence-electron chi connectivity index (χ2n) is 8.65. The minimum Gasteiger partial charge on any atom is -0.351 e. The third-order valence-electron chi connectivity index (χ3n) is 6.33. The molecule has 2 fully saturated rings. The van der Waals surface area contributed by atoms with E-state index in [1.807, 2.05) is 34.1 Å². The van der Waals surface area contributed by atoms with E-state index in [4.69, 9.17) is 4.98 Å². The molecule has 0 atom stereocenters. The van der Waals surface area contributed by atoms with Crippen LogP contribution < -0.4 is 9.62 Å². The van der Waals surface area contributed by atoms with Crippen molar-refractivity contribution in [1.29, 1.82) is 0 Å². The molecule has 1 aromatic heterocycles. The molecule has 10 heteroatoms. The number of nitrogens with zero attached hydrogens (tertiary/aromatic N) is 5. The number of benzene rings is 2. The van der Waals surface area contributed by atoms with Crippen LogP contribution in [0.15, 0.2) is 59.5 Å². The number of carbonyl (C=O) groups excluding carboxylic acids is 1. The van der Waals surface area contributed by atoms with Crippen LogP contribution in [0.3, 0.4) is 0 Å². The Morgan fingerprint density at radius 2 is 1.44 bits per heavy atom. The summed E-state index contributed by atoms with van der Waals surface area (Å²) in [7, 11) is -3.82. The third kappa shape index (κ3) is 4.83. The standard InChI is InChI=1S/C24H28N6O3S/c31-22(29-12-6-7-13-29)18-28-14-16-30(17-15-28)24-23(25-20-10-4-5-11-21(20)26-24)27-34(32,33)19-8-2-1-3-9-19/h1-5,8-11H,6-7,12-18H2,(H,25,27). The minimum absolute atomic E-state index is 0.168. The highest BCUT2D eigenvalue weighted by molar-refractivity contribution is 7.92. The highest BCUT2D eigenvalue weighted by Gasteiger charge is 2.27. The molecule has 3 aromatic rings. The first-order chi connectivity index (χ1) is 16.5. The average Bonchev–Trinajstić information content (AvgIpc) is 3.40. The molecule has 1 amide bonds. The van der Waals surface area contributed by atoms with E-state index in [9.17, 15) is 13.2 Å². The van der Waals surface area contributed by atoms with Crippen molar-refractivity contribution in [2.75, 3.05) is 55.4 Å². The maximum atomic E-state index is 13.0. The van der Waals surface area contributed by atoms with E-state index in [0.717, 1.165) is 25.9 Å². The van der Waals surface area contributed by atoms with Crippen molar-refractivity contribution < 1.29 is 13.2 Å². The summed E-state index contributed by atoms with van der Waals surface area (Å²) in [5, 5.41) is 0. The molecule has 0 bridgehead atoms. The van der Waals surface area contributed by atoms with E-state index >= 15 is 0 Å². The zero-order valence-electron chi connectivity index (χ0n) is 18.9. The van der Waals surface area contributed by atoms with E-state index in [-0.39, 0.29) is 16.6 Å². The fourth-order valence-electron chi connectivity index (χ4n) is 4.44. The SMILES string of the molecule is O=C(CN1CCN(c2nc3ccccc3nc2NS(=O)(=O)c2ccccc2)CC1)N1CCCC1. The van der Waals surface area contributed by atoms with Crippen molar-refractivity contribution in [3.8, 4) is 0 Å². The molecule has 1 N–H and O–H groups in total. The number of anilines is 2. The van der Waals surface area contributed by atoms with Gasteiger partial charge in [0, 0.05) is 39.3 Å².